The summed E-state index contributed by atoms with van der Waals surface area (Å²) in [6, 6.07) is 18.0. The molecule has 2 N–H and O–H groups in total. The number of carbonyl (C=O) groups excluding carboxylic acids is 3. The summed E-state index contributed by atoms with van der Waals surface area (Å²) in [4.78, 5) is 38.8. The number of halogens is 1. The number of anilines is 1. The van der Waals surface area contributed by atoms with Gasteiger partial charge in [0.2, 0.25) is 5.91 Å². The molecular weight excluding hydrogens is 437 g/mol. The average molecular weight is 459 g/mol. The highest BCUT2D eigenvalue weighted by atomic mass is 19.1. The maximum Gasteiger partial charge on any atom is 0.224 e. The molecule has 0 saturated carbocycles. The van der Waals surface area contributed by atoms with E-state index >= 15 is 0 Å². The Morgan fingerprint density at radius 2 is 1.79 bits per heavy atom. The van der Waals surface area contributed by atoms with Crippen molar-refractivity contribution in [2.24, 2.45) is 0 Å². The Morgan fingerprint density at radius 1 is 1.06 bits per heavy atom. The number of aldehydes is 2. The topological polar surface area (TPSA) is 101 Å². The van der Waals surface area contributed by atoms with Crippen LogP contribution in [0.4, 0.5) is 10.1 Å². The van der Waals surface area contributed by atoms with Crippen molar-refractivity contribution in [2.45, 2.75) is 25.2 Å². The predicted molar refractivity (Wildman–Crippen MR) is 125 cm³/mol. The van der Waals surface area contributed by atoms with Gasteiger partial charge in [-0.3, -0.25) is 4.79 Å². The molecule has 0 radical (unpaired) electrons. The number of hydrogen-bond acceptors (Lipinski definition) is 5. The van der Waals surface area contributed by atoms with E-state index in [1.54, 1.807) is 54.6 Å². The van der Waals surface area contributed by atoms with Crippen LogP contribution < -0.4 is 5.32 Å². The van der Waals surface area contributed by atoms with E-state index in [-0.39, 0.29) is 24.6 Å². The molecule has 0 unspecified atom stereocenters. The van der Waals surface area contributed by atoms with Crippen LogP contribution in [0.1, 0.15) is 29.9 Å². The molecule has 0 aliphatic rings. The van der Waals surface area contributed by atoms with Gasteiger partial charge in [0, 0.05) is 30.0 Å². The quantitative estimate of drug-likeness (QED) is 0.283. The van der Waals surface area contributed by atoms with Crippen molar-refractivity contribution >= 4 is 35.2 Å². The average Bonchev–Trinajstić information content (AvgIpc) is 3.18. The number of hydrogen-bond donors (Lipinski definition) is 2. The molecule has 4 aromatic rings. The van der Waals surface area contributed by atoms with Gasteiger partial charge < -0.3 is 20.1 Å². The Hall–Kier alpha value is -4.33. The van der Waals surface area contributed by atoms with E-state index in [0.29, 0.717) is 52.7 Å². The van der Waals surface area contributed by atoms with Crippen LogP contribution in [0.3, 0.4) is 0 Å². The third-order valence-corrected chi connectivity index (χ3v) is 5.58. The minimum atomic E-state index is -0.578. The molecule has 3 aromatic carbocycles. The summed E-state index contributed by atoms with van der Waals surface area (Å²) in [6.07, 6.45) is 2.22. The summed E-state index contributed by atoms with van der Waals surface area (Å²) in [5.74, 6) is -0.752. The molecule has 34 heavy (non-hydrogen) atoms. The van der Waals surface area contributed by atoms with Crippen LogP contribution >= 0.6 is 0 Å². The fraction of sp³-hybridized carbons (Fsp3) is 0.154. The van der Waals surface area contributed by atoms with Gasteiger partial charge in [-0.05, 0) is 66.1 Å². The predicted octanol–water partition coefficient (Wildman–Crippen LogP) is 4.52. The van der Waals surface area contributed by atoms with Crippen LogP contribution in [0.5, 0.6) is 0 Å². The normalized spacial score (nSPS) is 11.8. The highest BCUT2D eigenvalue weighted by Crippen LogP contribution is 2.27. The van der Waals surface area contributed by atoms with Crippen molar-refractivity contribution in [3.8, 4) is 11.4 Å². The lowest BCUT2D eigenvalue weighted by molar-refractivity contribution is -0.116. The highest BCUT2D eigenvalue weighted by molar-refractivity contribution is 5.91. The number of nitrogens with zero attached hydrogens (tertiary/aromatic N) is 2. The van der Waals surface area contributed by atoms with Crippen molar-refractivity contribution in [1.29, 1.82) is 0 Å². The molecule has 1 atom stereocenters. The lowest BCUT2D eigenvalue weighted by Gasteiger charge is -2.08. The number of rotatable bonds is 9. The SMILES string of the molecule is O=CC[C@@H](C=O)c1ccc2nc(-c3ccc(NC(=O)CCc4ccc(F)cc4)cc3)n(O)c2c1. The fourth-order valence-corrected chi connectivity index (χ4v) is 3.71. The number of nitrogens with one attached hydrogen (secondary N) is 1. The molecule has 0 spiro atoms. The van der Waals surface area contributed by atoms with Crippen molar-refractivity contribution in [1.82, 2.24) is 9.71 Å². The summed E-state index contributed by atoms with van der Waals surface area (Å²) in [5.41, 5.74) is 3.68. The number of carbonyl (C=O) groups is 3. The second-order valence-electron chi connectivity index (χ2n) is 7.89. The monoisotopic (exact) mass is 459 g/mol. The molecule has 172 valence electrons. The van der Waals surface area contributed by atoms with Crippen molar-refractivity contribution in [3.63, 3.8) is 0 Å². The van der Waals surface area contributed by atoms with Gasteiger partial charge in [0.05, 0.1) is 5.52 Å². The lowest BCUT2D eigenvalue weighted by Crippen LogP contribution is -2.12. The number of imidazole rings is 1. The standard InChI is InChI=1S/C26H22FN3O4/c27-21-7-1-17(2-8-21)3-12-25(33)28-22-9-4-18(5-10-22)26-29-23-11-6-19(15-24(23)30(26)34)20(16-32)13-14-31/h1-2,4-11,14-16,20,34H,3,12-13H2,(H,28,33)/t20-/m0/s1. The van der Waals surface area contributed by atoms with Gasteiger partial charge in [-0.2, -0.15) is 4.73 Å². The number of aryl methyl sites for hydroxylation is 1. The number of fused-ring (bicyclic) bond motifs is 1. The number of amides is 1. The Bertz CT molecular complexity index is 1330. The zero-order valence-corrected chi connectivity index (χ0v) is 18.1. The zero-order valence-electron chi connectivity index (χ0n) is 18.1. The molecule has 4 rings (SSSR count). The van der Waals surface area contributed by atoms with E-state index in [4.69, 9.17) is 0 Å². The van der Waals surface area contributed by atoms with E-state index in [1.807, 2.05) is 0 Å². The maximum atomic E-state index is 13.0. The zero-order chi connectivity index (χ0) is 24.1. The second-order valence-corrected chi connectivity index (χ2v) is 7.89. The minimum absolute atomic E-state index is 0.0680. The van der Waals surface area contributed by atoms with E-state index < -0.39 is 5.92 Å². The third kappa shape index (κ3) is 5.01. The molecule has 0 aliphatic carbocycles. The van der Waals surface area contributed by atoms with Gasteiger partial charge in [0.25, 0.3) is 0 Å². The van der Waals surface area contributed by atoms with E-state index in [0.717, 1.165) is 10.3 Å². The summed E-state index contributed by atoms with van der Waals surface area (Å²) < 4.78 is 13.9. The Kier molecular flexibility index (Phi) is 6.77. The molecule has 0 fully saturated rings. The van der Waals surface area contributed by atoms with E-state index in [9.17, 15) is 24.0 Å². The fourth-order valence-electron chi connectivity index (χ4n) is 3.71. The first-order chi connectivity index (χ1) is 16.5. The molecule has 0 bridgehead atoms. The van der Waals surface area contributed by atoms with Crippen molar-refractivity contribution in [2.75, 3.05) is 5.32 Å². The van der Waals surface area contributed by atoms with Crippen LogP contribution in [-0.4, -0.2) is 33.4 Å². The molecule has 0 saturated heterocycles. The molecule has 1 amide bonds. The number of aromatic nitrogens is 2. The Morgan fingerprint density at radius 3 is 2.47 bits per heavy atom. The van der Waals surface area contributed by atoms with Gasteiger partial charge in [-0.25, -0.2) is 9.37 Å². The van der Waals surface area contributed by atoms with Gasteiger partial charge in [0.1, 0.15) is 23.9 Å². The van der Waals surface area contributed by atoms with Crippen LogP contribution in [0.25, 0.3) is 22.4 Å². The second kappa shape index (κ2) is 10.1. The summed E-state index contributed by atoms with van der Waals surface area (Å²) in [6.45, 7) is 0. The highest BCUT2D eigenvalue weighted by Gasteiger charge is 2.16. The van der Waals surface area contributed by atoms with Crippen molar-refractivity contribution < 1.29 is 24.0 Å². The molecule has 7 nitrogen and oxygen atoms in total. The lowest BCUT2D eigenvalue weighted by atomic mass is 9.97. The first kappa shape index (κ1) is 22.8. The van der Waals surface area contributed by atoms with Crippen LogP contribution in [0.2, 0.25) is 0 Å². The first-order valence-electron chi connectivity index (χ1n) is 10.7. The van der Waals surface area contributed by atoms with E-state index in [2.05, 4.69) is 10.3 Å². The molecule has 0 aliphatic heterocycles. The summed E-state index contributed by atoms with van der Waals surface area (Å²) in [5, 5.41) is 13.5. The largest absolute Gasteiger partial charge is 0.426 e. The van der Waals surface area contributed by atoms with Crippen LogP contribution in [0, 0.1) is 5.82 Å². The molecule has 1 heterocycles. The number of benzene rings is 3. The molecular formula is C26H22FN3O4. The van der Waals surface area contributed by atoms with Gasteiger partial charge in [-0.1, -0.05) is 18.2 Å². The smallest absolute Gasteiger partial charge is 0.224 e. The molecule has 1 aromatic heterocycles. The maximum absolute atomic E-state index is 13.0. The Balaban J connectivity index is 1.46. The summed E-state index contributed by atoms with van der Waals surface area (Å²) >= 11 is 0. The van der Waals surface area contributed by atoms with Crippen LogP contribution in [0.15, 0.2) is 66.7 Å². The first-order valence-corrected chi connectivity index (χ1v) is 10.7. The van der Waals surface area contributed by atoms with Gasteiger partial charge in [0.15, 0.2) is 5.82 Å². The van der Waals surface area contributed by atoms with E-state index in [1.165, 1.54) is 12.1 Å². The minimum Gasteiger partial charge on any atom is -0.426 e. The van der Waals surface area contributed by atoms with Crippen LogP contribution in [-0.2, 0) is 20.8 Å². The summed E-state index contributed by atoms with van der Waals surface area (Å²) in [7, 11) is 0. The third-order valence-electron chi connectivity index (χ3n) is 5.58. The Labute approximate surface area is 194 Å². The van der Waals surface area contributed by atoms with Gasteiger partial charge >= 0.3 is 0 Å². The van der Waals surface area contributed by atoms with Crippen molar-refractivity contribution in [3.05, 3.63) is 83.7 Å². The molecule has 8 heteroatoms. The van der Waals surface area contributed by atoms with Gasteiger partial charge in [-0.15, -0.1) is 0 Å².